The van der Waals surface area contributed by atoms with Gasteiger partial charge in [0.1, 0.15) is 0 Å². The van der Waals surface area contributed by atoms with Crippen LogP contribution in [0.4, 0.5) is 0 Å². The standard InChI is InChI=1S/C6H14S/c1-6(2)5-7(3)4/h5-6H,1-4H3. The molecule has 0 rings (SSSR count). The molecule has 0 spiro atoms. The molecule has 7 heavy (non-hydrogen) atoms. The van der Waals surface area contributed by atoms with E-state index >= 15 is 0 Å². The molecule has 0 aliphatic carbocycles. The molecule has 0 saturated carbocycles. The molecule has 0 unspecified atom stereocenters. The number of hydrogen-bond donors (Lipinski definition) is 0. The molecule has 0 aliphatic heterocycles. The van der Waals surface area contributed by atoms with E-state index in [0.29, 0.717) is 10.5 Å². The molecule has 0 bridgehead atoms. The van der Waals surface area contributed by atoms with Gasteiger partial charge in [-0.25, -0.2) is 0 Å². The summed E-state index contributed by atoms with van der Waals surface area (Å²) in [5.41, 5.74) is 0. The van der Waals surface area contributed by atoms with Crippen LogP contribution in [0.25, 0.3) is 0 Å². The van der Waals surface area contributed by atoms with Crippen LogP contribution in [0.1, 0.15) is 13.8 Å². The van der Waals surface area contributed by atoms with Crippen molar-refractivity contribution in [3.05, 3.63) is 0 Å². The van der Waals surface area contributed by atoms with Crippen molar-refractivity contribution in [2.24, 2.45) is 5.92 Å². The Labute approximate surface area is 48.9 Å². The van der Waals surface area contributed by atoms with Gasteiger partial charge < -0.3 is 0 Å². The molecule has 0 N–H and O–H groups in total. The molecule has 0 heterocycles. The highest BCUT2D eigenvalue weighted by molar-refractivity contribution is 8.13. The van der Waals surface area contributed by atoms with Gasteiger partial charge in [-0.2, -0.15) is 10.5 Å². The summed E-state index contributed by atoms with van der Waals surface area (Å²) in [6.07, 6.45) is 4.47. The lowest BCUT2D eigenvalue weighted by molar-refractivity contribution is 0.920. The van der Waals surface area contributed by atoms with E-state index in [2.05, 4.69) is 31.7 Å². The van der Waals surface area contributed by atoms with Crippen molar-refractivity contribution in [1.29, 1.82) is 0 Å². The summed E-state index contributed by atoms with van der Waals surface area (Å²) in [5, 5.41) is 2.36. The van der Waals surface area contributed by atoms with Crippen molar-refractivity contribution in [3.63, 3.8) is 0 Å². The second-order valence-electron chi connectivity index (χ2n) is 2.26. The topological polar surface area (TPSA) is 0 Å². The first-order valence-electron chi connectivity index (χ1n) is 2.54. The van der Waals surface area contributed by atoms with Crippen molar-refractivity contribution in [2.75, 3.05) is 12.5 Å². The van der Waals surface area contributed by atoms with Crippen LogP contribution >= 0.6 is 10.5 Å². The Kier molecular flexibility index (Phi) is 3.35. The van der Waals surface area contributed by atoms with Gasteiger partial charge in [0, 0.05) is 0 Å². The fraction of sp³-hybridized carbons (Fsp3) is 0.833. The summed E-state index contributed by atoms with van der Waals surface area (Å²) >= 11 is 0. The van der Waals surface area contributed by atoms with Crippen LogP contribution in [0.15, 0.2) is 0 Å². The molecule has 0 nitrogen and oxygen atoms in total. The normalized spacial score (nSPS) is 10.6. The van der Waals surface area contributed by atoms with Crippen LogP contribution in [0.2, 0.25) is 0 Å². The van der Waals surface area contributed by atoms with Gasteiger partial charge in [0.15, 0.2) is 0 Å². The van der Waals surface area contributed by atoms with Crippen molar-refractivity contribution >= 4 is 15.9 Å². The fourth-order valence-electron chi connectivity index (χ4n) is 0.544. The summed E-state index contributed by atoms with van der Waals surface area (Å²) in [4.78, 5) is 0. The molecule has 0 aromatic heterocycles. The van der Waals surface area contributed by atoms with Gasteiger partial charge in [0.25, 0.3) is 0 Å². The third-order valence-corrected chi connectivity index (χ3v) is 1.63. The molecule has 0 aromatic carbocycles. The van der Waals surface area contributed by atoms with Crippen LogP contribution in [-0.4, -0.2) is 17.9 Å². The summed E-state index contributed by atoms with van der Waals surface area (Å²) in [6.45, 7) is 4.43. The lowest BCUT2D eigenvalue weighted by atomic mass is 10.3. The molecule has 0 radical (unpaired) electrons. The number of rotatable bonds is 1. The van der Waals surface area contributed by atoms with Crippen molar-refractivity contribution in [1.82, 2.24) is 0 Å². The van der Waals surface area contributed by atoms with E-state index in [1.54, 1.807) is 0 Å². The van der Waals surface area contributed by atoms with E-state index in [4.69, 9.17) is 0 Å². The minimum absolute atomic E-state index is 0.529. The molecule has 0 amide bonds. The Hall–Kier alpha value is 0.220. The van der Waals surface area contributed by atoms with E-state index in [1.165, 1.54) is 0 Å². The van der Waals surface area contributed by atoms with Crippen molar-refractivity contribution < 1.29 is 0 Å². The zero-order valence-electron chi connectivity index (χ0n) is 5.56. The fourth-order valence-corrected chi connectivity index (χ4v) is 1.63. The monoisotopic (exact) mass is 118 g/mol. The lowest BCUT2D eigenvalue weighted by Crippen LogP contribution is -1.85. The summed E-state index contributed by atoms with van der Waals surface area (Å²) in [6, 6.07) is 0. The largest absolute Gasteiger partial charge is 0.196 e. The molecule has 0 aromatic rings. The average molecular weight is 118 g/mol. The highest BCUT2D eigenvalue weighted by Crippen LogP contribution is 1.99. The predicted molar refractivity (Wildman–Crippen MR) is 40.3 cm³/mol. The Bertz CT molecular complexity index is 68.2. The second kappa shape index (κ2) is 3.25. The summed E-state index contributed by atoms with van der Waals surface area (Å²) in [5.74, 6) is 0.762. The smallest absolute Gasteiger partial charge is 0.0236 e. The predicted octanol–water partition coefficient (Wildman–Crippen LogP) is 1.97. The average Bonchev–Trinajstić information content (AvgIpc) is 1.27. The van der Waals surface area contributed by atoms with E-state index in [-0.39, 0.29) is 0 Å². The molecule has 1 heteroatoms. The highest BCUT2D eigenvalue weighted by Gasteiger charge is 1.81. The SMILES string of the molecule is CC(C)C=S(C)C. The summed E-state index contributed by atoms with van der Waals surface area (Å²) in [7, 11) is 0.529. The lowest BCUT2D eigenvalue weighted by Gasteiger charge is -1.94. The Morgan fingerprint density at radius 1 is 1.29 bits per heavy atom. The zero-order valence-corrected chi connectivity index (χ0v) is 6.38. The molecule has 0 aliphatic rings. The molecular weight excluding hydrogens is 104 g/mol. The van der Waals surface area contributed by atoms with Gasteiger partial charge >= 0.3 is 0 Å². The third kappa shape index (κ3) is 6.22. The molecule has 0 saturated heterocycles. The molecule has 0 atom stereocenters. The van der Waals surface area contributed by atoms with Gasteiger partial charge in [0.2, 0.25) is 0 Å². The van der Waals surface area contributed by atoms with Crippen molar-refractivity contribution in [3.8, 4) is 0 Å². The minimum Gasteiger partial charge on any atom is -0.196 e. The molecule has 44 valence electrons. The number of hydrogen-bond acceptors (Lipinski definition) is 0. The van der Waals surface area contributed by atoms with Crippen LogP contribution in [0.3, 0.4) is 0 Å². The molecular formula is C6H14S. The highest BCUT2D eigenvalue weighted by atomic mass is 32.2. The van der Waals surface area contributed by atoms with Gasteiger partial charge in [-0.1, -0.05) is 19.2 Å². The van der Waals surface area contributed by atoms with Gasteiger partial charge in [-0.15, -0.1) is 0 Å². The van der Waals surface area contributed by atoms with Gasteiger partial charge in [-0.3, -0.25) is 0 Å². The van der Waals surface area contributed by atoms with E-state index in [0.717, 1.165) is 5.92 Å². The Balaban J connectivity index is 3.45. The minimum atomic E-state index is 0.529. The van der Waals surface area contributed by atoms with Crippen LogP contribution in [0, 0.1) is 5.92 Å². The van der Waals surface area contributed by atoms with E-state index < -0.39 is 0 Å². The van der Waals surface area contributed by atoms with Gasteiger partial charge in [-0.05, 0) is 18.4 Å². The first-order chi connectivity index (χ1) is 3.13. The van der Waals surface area contributed by atoms with E-state index in [9.17, 15) is 0 Å². The maximum atomic E-state index is 2.36. The third-order valence-electron chi connectivity index (χ3n) is 0.544. The second-order valence-corrected chi connectivity index (χ2v) is 4.29. The Morgan fingerprint density at radius 3 is 1.71 bits per heavy atom. The van der Waals surface area contributed by atoms with Crippen molar-refractivity contribution in [2.45, 2.75) is 13.8 Å². The maximum absolute atomic E-state index is 2.36. The first-order valence-corrected chi connectivity index (χ1v) is 4.64. The summed E-state index contributed by atoms with van der Waals surface area (Å²) < 4.78 is 0. The Morgan fingerprint density at radius 2 is 1.71 bits per heavy atom. The maximum Gasteiger partial charge on any atom is -0.0236 e. The van der Waals surface area contributed by atoms with Gasteiger partial charge in [0.05, 0.1) is 0 Å². The molecule has 0 fully saturated rings. The first kappa shape index (κ1) is 7.22. The van der Waals surface area contributed by atoms with Crippen LogP contribution in [-0.2, 0) is 0 Å². The quantitative estimate of drug-likeness (QED) is 0.462. The zero-order chi connectivity index (χ0) is 5.86. The van der Waals surface area contributed by atoms with E-state index in [1.807, 2.05) is 0 Å². The van der Waals surface area contributed by atoms with Crippen LogP contribution in [0.5, 0.6) is 0 Å². The van der Waals surface area contributed by atoms with Crippen LogP contribution < -0.4 is 0 Å².